The summed E-state index contributed by atoms with van der Waals surface area (Å²) in [7, 11) is 0. The Hall–Kier alpha value is -0.610. The molecule has 3 rings (SSSR count). The van der Waals surface area contributed by atoms with E-state index in [9.17, 15) is 4.79 Å². The minimum Gasteiger partial charge on any atom is -0.268 e. The van der Waals surface area contributed by atoms with Crippen LogP contribution in [0.3, 0.4) is 0 Å². The van der Waals surface area contributed by atoms with Crippen molar-refractivity contribution in [3.8, 4) is 5.69 Å². The molecule has 1 heterocycles. The van der Waals surface area contributed by atoms with Crippen molar-refractivity contribution in [2.45, 2.75) is 19.0 Å². The number of hydrogen-bond donors (Lipinski definition) is 0. The highest BCUT2D eigenvalue weighted by atomic mass is 127. The molecule has 0 saturated carbocycles. The molecule has 118 valence electrons. The molecule has 0 N–H and O–H groups in total. The highest BCUT2D eigenvalue weighted by molar-refractivity contribution is 14.1. The predicted molar refractivity (Wildman–Crippen MR) is 114 cm³/mol. The molecule has 6 heteroatoms. The van der Waals surface area contributed by atoms with Gasteiger partial charge in [0.25, 0.3) is 5.56 Å². The minimum absolute atomic E-state index is 0.00812. The molecule has 23 heavy (non-hydrogen) atoms. The van der Waals surface area contributed by atoms with E-state index < -0.39 is 0 Å². The van der Waals surface area contributed by atoms with Gasteiger partial charge in [-0.15, -0.1) is 0 Å². The summed E-state index contributed by atoms with van der Waals surface area (Å²) in [6.07, 6.45) is 0. The molecule has 3 nitrogen and oxygen atoms in total. The standard InChI is InChI=1S/C17H14I2N2OS/c1-3-23-17-20-15-13(8-11(18)9-14(15)19)16(22)21(17)12-6-4-10(2)5-7-12/h4-9H,3H2,1-2H3. The first-order valence-corrected chi connectivity index (χ1v) is 10.3. The first-order chi connectivity index (χ1) is 11.0. The van der Waals surface area contributed by atoms with Crippen LogP contribution in [0.15, 0.2) is 46.3 Å². The van der Waals surface area contributed by atoms with Gasteiger partial charge in [-0.3, -0.25) is 9.36 Å². The Morgan fingerprint density at radius 1 is 1.17 bits per heavy atom. The zero-order valence-corrected chi connectivity index (χ0v) is 17.8. The fourth-order valence-electron chi connectivity index (χ4n) is 2.34. The highest BCUT2D eigenvalue weighted by Crippen LogP contribution is 2.25. The summed E-state index contributed by atoms with van der Waals surface area (Å²) in [6.45, 7) is 4.11. The number of hydrogen-bond acceptors (Lipinski definition) is 3. The van der Waals surface area contributed by atoms with Gasteiger partial charge < -0.3 is 0 Å². The van der Waals surface area contributed by atoms with Crippen LogP contribution in [0.25, 0.3) is 16.6 Å². The van der Waals surface area contributed by atoms with E-state index in [0.717, 1.165) is 29.3 Å². The maximum Gasteiger partial charge on any atom is 0.266 e. The molecular formula is C17H14I2N2OS. The van der Waals surface area contributed by atoms with Gasteiger partial charge in [-0.2, -0.15) is 0 Å². The smallest absolute Gasteiger partial charge is 0.266 e. The van der Waals surface area contributed by atoms with E-state index in [4.69, 9.17) is 4.98 Å². The summed E-state index contributed by atoms with van der Waals surface area (Å²) in [4.78, 5) is 17.9. The fraction of sp³-hybridized carbons (Fsp3) is 0.176. The molecule has 0 spiro atoms. The predicted octanol–water partition coefficient (Wildman–Crippen LogP) is 5.02. The molecule has 0 aliphatic heterocycles. The third-order valence-electron chi connectivity index (χ3n) is 3.43. The first kappa shape index (κ1) is 17.2. The van der Waals surface area contributed by atoms with Crippen molar-refractivity contribution in [1.82, 2.24) is 9.55 Å². The summed E-state index contributed by atoms with van der Waals surface area (Å²) in [6, 6.07) is 12.0. The van der Waals surface area contributed by atoms with Crippen molar-refractivity contribution >= 4 is 67.8 Å². The number of fused-ring (bicyclic) bond motifs is 1. The molecule has 3 aromatic rings. The van der Waals surface area contributed by atoms with E-state index in [1.54, 1.807) is 16.3 Å². The Balaban J connectivity index is 2.39. The lowest BCUT2D eigenvalue weighted by Gasteiger charge is -2.13. The number of aryl methyl sites for hydroxylation is 1. The van der Waals surface area contributed by atoms with Crippen LogP contribution >= 0.6 is 56.9 Å². The van der Waals surface area contributed by atoms with Crippen LogP contribution in [0.2, 0.25) is 0 Å². The molecule has 0 aliphatic rings. The molecule has 0 fully saturated rings. The lowest BCUT2D eigenvalue weighted by Crippen LogP contribution is -2.22. The van der Waals surface area contributed by atoms with Crippen LogP contribution in [-0.2, 0) is 0 Å². The molecular weight excluding hydrogens is 534 g/mol. The zero-order chi connectivity index (χ0) is 16.6. The van der Waals surface area contributed by atoms with Gasteiger partial charge in [0.2, 0.25) is 0 Å². The second kappa shape index (κ2) is 7.10. The van der Waals surface area contributed by atoms with Crippen LogP contribution in [-0.4, -0.2) is 15.3 Å². The first-order valence-electron chi connectivity index (χ1n) is 7.13. The molecule has 0 radical (unpaired) electrons. The average Bonchev–Trinajstić information content (AvgIpc) is 2.50. The van der Waals surface area contributed by atoms with Crippen molar-refractivity contribution < 1.29 is 0 Å². The minimum atomic E-state index is -0.00812. The van der Waals surface area contributed by atoms with Crippen molar-refractivity contribution in [3.63, 3.8) is 0 Å². The third-order valence-corrected chi connectivity index (χ3v) is 5.69. The van der Waals surface area contributed by atoms with E-state index in [0.29, 0.717) is 5.39 Å². The zero-order valence-electron chi connectivity index (χ0n) is 12.6. The summed E-state index contributed by atoms with van der Waals surface area (Å²) < 4.78 is 3.78. The molecule has 2 aromatic carbocycles. The Morgan fingerprint density at radius 2 is 1.87 bits per heavy atom. The van der Waals surface area contributed by atoms with Crippen molar-refractivity contribution in [2.24, 2.45) is 0 Å². The number of nitrogens with zero attached hydrogens (tertiary/aromatic N) is 2. The number of halogens is 2. The molecule has 1 aromatic heterocycles. The number of benzene rings is 2. The van der Waals surface area contributed by atoms with Crippen LogP contribution in [0.4, 0.5) is 0 Å². The van der Waals surface area contributed by atoms with E-state index in [1.165, 1.54) is 5.56 Å². The van der Waals surface area contributed by atoms with Crippen LogP contribution in [0, 0.1) is 14.1 Å². The topological polar surface area (TPSA) is 34.9 Å². The Morgan fingerprint density at radius 3 is 2.52 bits per heavy atom. The van der Waals surface area contributed by atoms with Gasteiger partial charge in [-0.1, -0.05) is 36.4 Å². The van der Waals surface area contributed by atoms with Crippen molar-refractivity contribution in [3.05, 3.63) is 59.5 Å². The number of thioether (sulfide) groups is 1. The normalized spacial score (nSPS) is 11.1. The van der Waals surface area contributed by atoms with Crippen LogP contribution in [0.5, 0.6) is 0 Å². The monoisotopic (exact) mass is 548 g/mol. The van der Waals surface area contributed by atoms with Gasteiger partial charge in [-0.25, -0.2) is 4.98 Å². The van der Waals surface area contributed by atoms with Crippen molar-refractivity contribution in [2.75, 3.05) is 5.75 Å². The maximum atomic E-state index is 13.1. The number of aromatic nitrogens is 2. The lowest BCUT2D eigenvalue weighted by molar-refractivity contribution is 0.819. The molecule has 0 amide bonds. The van der Waals surface area contributed by atoms with E-state index in [1.807, 2.05) is 43.3 Å². The summed E-state index contributed by atoms with van der Waals surface area (Å²) in [5, 5.41) is 1.41. The van der Waals surface area contributed by atoms with E-state index in [2.05, 4.69) is 52.1 Å². The molecule has 0 aliphatic carbocycles. The lowest BCUT2D eigenvalue weighted by atomic mass is 10.2. The molecule has 0 saturated heterocycles. The van der Waals surface area contributed by atoms with E-state index in [-0.39, 0.29) is 5.56 Å². The van der Waals surface area contributed by atoms with Gasteiger partial charge in [0.15, 0.2) is 5.16 Å². The largest absolute Gasteiger partial charge is 0.268 e. The Bertz CT molecular complexity index is 936. The SMILES string of the molecule is CCSc1nc2c(I)cc(I)cc2c(=O)n1-c1ccc(C)cc1. The maximum absolute atomic E-state index is 13.1. The third kappa shape index (κ3) is 3.43. The van der Waals surface area contributed by atoms with Crippen LogP contribution < -0.4 is 5.56 Å². The Labute approximate surface area is 166 Å². The van der Waals surface area contributed by atoms with Gasteiger partial charge >= 0.3 is 0 Å². The van der Waals surface area contributed by atoms with Gasteiger partial charge in [0.1, 0.15) is 0 Å². The highest BCUT2D eigenvalue weighted by Gasteiger charge is 2.15. The summed E-state index contributed by atoms with van der Waals surface area (Å²) in [5.41, 5.74) is 2.81. The Kier molecular flexibility index (Phi) is 5.32. The molecule has 0 bridgehead atoms. The molecule has 0 atom stereocenters. The van der Waals surface area contributed by atoms with E-state index >= 15 is 0 Å². The van der Waals surface area contributed by atoms with Gasteiger partial charge in [0, 0.05) is 7.14 Å². The molecule has 0 unspecified atom stereocenters. The summed E-state index contributed by atoms with van der Waals surface area (Å²) in [5.74, 6) is 0.866. The van der Waals surface area contributed by atoms with Gasteiger partial charge in [-0.05, 0) is 82.1 Å². The van der Waals surface area contributed by atoms with Crippen LogP contribution in [0.1, 0.15) is 12.5 Å². The average molecular weight is 548 g/mol. The number of rotatable bonds is 3. The second-order valence-corrected chi connectivity index (χ2v) is 8.73. The van der Waals surface area contributed by atoms with Crippen molar-refractivity contribution in [1.29, 1.82) is 0 Å². The van der Waals surface area contributed by atoms with Gasteiger partial charge in [0.05, 0.1) is 16.6 Å². The fourth-order valence-corrected chi connectivity index (χ4v) is 5.04. The second-order valence-electron chi connectivity index (χ2n) is 5.09. The summed E-state index contributed by atoms with van der Waals surface area (Å²) >= 11 is 6.08. The quantitative estimate of drug-likeness (QED) is 0.262.